The minimum atomic E-state index is 0.114. The van der Waals surface area contributed by atoms with Gasteiger partial charge in [-0.3, -0.25) is 9.69 Å². The molecule has 1 amide bonds. The summed E-state index contributed by atoms with van der Waals surface area (Å²) in [6, 6.07) is 6.17. The summed E-state index contributed by atoms with van der Waals surface area (Å²) in [4.78, 5) is 16.0. The van der Waals surface area contributed by atoms with Crippen molar-refractivity contribution in [3.05, 3.63) is 23.8 Å². The second kappa shape index (κ2) is 5.81. The largest absolute Gasteiger partial charge is 0.491 e. The van der Waals surface area contributed by atoms with E-state index >= 15 is 0 Å². The highest BCUT2D eigenvalue weighted by Crippen LogP contribution is 2.31. The van der Waals surface area contributed by atoms with E-state index in [1.165, 1.54) is 5.56 Å². The Labute approximate surface area is 119 Å². The van der Waals surface area contributed by atoms with Gasteiger partial charge in [0, 0.05) is 39.8 Å². The van der Waals surface area contributed by atoms with E-state index in [0.717, 1.165) is 44.2 Å². The average molecular weight is 275 g/mol. The lowest BCUT2D eigenvalue weighted by Crippen LogP contribution is -2.42. The van der Waals surface area contributed by atoms with Gasteiger partial charge in [-0.25, -0.2) is 0 Å². The van der Waals surface area contributed by atoms with Crippen LogP contribution >= 0.6 is 0 Å². The van der Waals surface area contributed by atoms with Crippen LogP contribution < -0.4 is 15.0 Å². The first-order chi connectivity index (χ1) is 9.74. The molecule has 0 radical (unpaired) electrons. The van der Waals surface area contributed by atoms with Crippen molar-refractivity contribution in [2.45, 2.75) is 13.0 Å². The van der Waals surface area contributed by atoms with Gasteiger partial charge < -0.3 is 15.0 Å². The normalized spacial score (nSPS) is 20.2. The highest BCUT2D eigenvalue weighted by Gasteiger charge is 2.20. The predicted molar refractivity (Wildman–Crippen MR) is 78.1 cm³/mol. The molecule has 0 spiro atoms. The molecule has 3 rings (SSSR count). The number of nitrogens with zero attached hydrogens (tertiary/aromatic N) is 2. The molecule has 0 aromatic heterocycles. The first kappa shape index (κ1) is 13.4. The molecule has 1 fully saturated rings. The number of benzene rings is 1. The van der Waals surface area contributed by atoms with Gasteiger partial charge in [-0.1, -0.05) is 6.07 Å². The van der Waals surface area contributed by atoms with Crippen LogP contribution in [0.5, 0.6) is 5.75 Å². The molecular weight excluding hydrogens is 254 g/mol. The van der Waals surface area contributed by atoms with E-state index in [0.29, 0.717) is 13.0 Å². The van der Waals surface area contributed by atoms with Crippen LogP contribution in [-0.2, 0) is 11.3 Å². The fourth-order valence-electron chi connectivity index (χ4n) is 2.72. The highest BCUT2D eigenvalue weighted by molar-refractivity contribution is 5.95. The van der Waals surface area contributed by atoms with Gasteiger partial charge in [0.25, 0.3) is 0 Å². The molecule has 2 heterocycles. The number of carbonyl (C=O) groups excluding carboxylic acids is 1. The van der Waals surface area contributed by atoms with Gasteiger partial charge in [0.05, 0.1) is 18.7 Å². The minimum absolute atomic E-state index is 0.114. The fourth-order valence-corrected chi connectivity index (χ4v) is 2.72. The van der Waals surface area contributed by atoms with Crippen molar-refractivity contribution >= 4 is 11.6 Å². The lowest BCUT2D eigenvalue weighted by atomic mass is 10.1. The van der Waals surface area contributed by atoms with E-state index in [-0.39, 0.29) is 5.91 Å². The molecule has 1 N–H and O–H groups in total. The topological polar surface area (TPSA) is 44.8 Å². The Balaban J connectivity index is 1.80. The Kier molecular flexibility index (Phi) is 3.89. The molecule has 0 atom stereocenters. The van der Waals surface area contributed by atoms with E-state index in [9.17, 15) is 4.79 Å². The molecule has 0 saturated carbocycles. The predicted octanol–water partition coefficient (Wildman–Crippen LogP) is 0.837. The van der Waals surface area contributed by atoms with E-state index in [1.807, 2.05) is 13.1 Å². The molecule has 20 heavy (non-hydrogen) atoms. The van der Waals surface area contributed by atoms with Crippen molar-refractivity contribution in [1.29, 1.82) is 0 Å². The number of anilines is 1. The fraction of sp³-hybridized carbons (Fsp3) is 0.533. The number of fused-ring (bicyclic) bond motifs is 1. The molecule has 0 bridgehead atoms. The van der Waals surface area contributed by atoms with Crippen LogP contribution in [0.4, 0.5) is 5.69 Å². The first-order valence-corrected chi connectivity index (χ1v) is 7.19. The molecule has 2 aliphatic heterocycles. The van der Waals surface area contributed by atoms with Crippen LogP contribution in [0.25, 0.3) is 0 Å². The quantitative estimate of drug-likeness (QED) is 0.868. The molecule has 5 nitrogen and oxygen atoms in total. The van der Waals surface area contributed by atoms with Gasteiger partial charge in [-0.15, -0.1) is 0 Å². The lowest BCUT2D eigenvalue weighted by molar-refractivity contribution is -0.118. The summed E-state index contributed by atoms with van der Waals surface area (Å²) in [6.07, 6.45) is 0.443. The zero-order valence-electron chi connectivity index (χ0n) is 11.9. The Bertz CT molecular complexity index is 498. The minimum Gasteiger partial charge on any atom is -0.491 e. The van der Waals surface area contributed by atoms with E-state index in [4.69, 9.17) is 4.74 Å². The molecule has 1 aromatic rings. The summed E-state index contributed by atoms with van der Waals surface area (Å²) < 4.78 is 5.65. The molecule has 5 heteroatoms. The van der Waals surface area contributed by atoms with E-state index < -0.39 is 0 Å². The Morgan fingerprint density at radius 3 is 2.90 bits per heavy atom. The maximum atomic E-state index is 11.9. The van der Waals surface area contributed by atoms with Crippen molar-refractivity contribution in [3.63, 3.8) is 0 Å². The summed E-state index contributed by atoms with van der Waals surface area (Å²) in [5, 5.41) is 3.36. The number of ether oxygens (including phenoxy) is 1. The molecular formula is C15H21N3O2. The molecule has 1 aromatic carbocycles. The third kappa shape index (κ3) is 2.78. The molecule has 2 aliphatic rings. The van der Waals surface area contributed by atoms with Crippen LogP contribution in [0, 0.1) is 0 Å². The average Bonchev–Trinajstić information content (AvgIpc) is 2.61. The summed E-state index contributed by atoms with van der Waals surface area (Å²) in [7, 11) is 1.82. The maximum Gasteiger partial charge on any atom is 0.230 e. The van der Waals surface area contributed by atoms with E-state index in [2.05, 4.69) is 22.3 Å². The van der Waals surface area contributed by atoms with E-state index in [1.54, 1.807) is 4.90 Å². The SMILES string of the molecule is CN1C(=O)CCOc2ccc(CN3CCNCC3)cc21. The third-order valence-corrected chi connectivity index (χ3v) is 3.95. The second-order valence-corrected chi connectivity index (χ2v) is 5.38. The second-order valence-electron chi connectivity index (χ2n) is 5.38. The Morgan fingerprint density at radius 1 is 1.30 bits per heavy atom. The zero-order valence-corrected chi connectivity index (χ0v) is 11.9. The smallest absolute Gasteiger partial charge is 0.230 e. The van der Waals surface area contributed by atoms with Crippen molar-refractivity contribution in [1.82, 2.24) is 10.2 Å². The van der Waals surface area contributed by atoms with Crippen molar-refractivity contribution in [3.8, 4) is 5.75 Å². The highest BCUT2D eigenvalue weighted by atomic mass is 16.5. The first-order valence-electron chi connectivity index (χ1n) is 7.19. The molecule has 1 saturated heterocycles. The summed E-state index contributed by atoms with van der Waals surface area (Å²) in [5.41, 5.74) is 2.12. The van der Waals surface area contributed by atoms with Gasteiger partial charge in [0.1, 0.15) is 5.75 Å². The van der Waals surface area contributed by atoms with Crippen molar-refractivity contribution < 1.29 is 9.53 Å². The number of rotatable bonds is 2. The number of nitrogens with one attached hydrogen (secondary N) is 1. The molecule has 0 aliphatic carbocycles. The summed E-state index contributed by atoms with van der Waals surface area (Å²) >= 11 is 0. The lowest BCUT2D eigenvalue weighted by Gasteiger charge is -2.27. The van der Waals surface area contributed by atoms with Crippen molar-refractivity contribution in [2.75, 3.05) is 44.7 Å². The molecule has 108 valence electrons. The summed E-state index contributed by atoms with van der Waals surface area (Å²) in [6.45, 7) is 5.63. The van der Waals surface area contributed by atoms with Crippen LogP contribution in [0.15, 0.2) is 18.2 Å². The number of piperazine rings is 1. The van der Waals surface area contributed by atoms with Crippen LogP contribution in [0.1, 0.15) is 12.0 Å². The van der Waals surface area contributed by atoms with Crippen molar-refractivity contribution in [2.24, 2.45) is 0 Å². The van der Waals surface area contributed by atoms with Crippen LogP contribution in [0.3, 0.4) is 0 Å². The maximum absolute atomic E-state index is 11.9. The zero-order chi connectivity index (χ0) is 13.9. The Hall–Kier alpha value is -1.59. The Morgan fingerprint density at radius 2 is 2.10 bits per heavy atom. The molecule has 0 unspecified atom stereocenters. The van der Waals surface area contributed by atoms with Gasteiger partial charge in [-0.2, -0.15) is 0 Å². The number of hydrogen-bond acceptors (Lipinski definition) is 4. The number of amides is 1. The monoisotopic (exact) mass is 275 g/mol. The van der Waals surface area contributed by atoms with Gasteiger partial charge in [0.2, 0.25) is 5.91 Å². The van der Waals surface area contributed by atoms with Gasteiger partial charge in [-0.05, 0) is 17.7 Å². The third-order valence-electron chi connectivity index (χ3n) is 3.95. The number of hydrogen-bond donors (Lipinski definition) is 1. The summed E-state index contributed by atoms with van der Waals surface area (Å²) in [5.74, 6) is 0.922. The standard InChI is InChI=1S/C15H21N3O2/c1-17-13-10-12(11-18-7-5-16-6-8-18)2-3-14(13)20-9-4-15(17)19/h2-3,10,16H,4-9,11H2,1H3. The van der Waals surface area contributed by atoms with Gasteiger partial charge in [0.15, 0.2) is 0 Å². The van der Waals surface area contributed by atoms with Gasteiger partial charge >= 0.3 is 0 Å². The van der Waals surface area contributed by atoms with Crippen LogP contribution in [0.2, 0.25) is 0 Å². The number of carbonyl (C=O) groups is 1. The van der Waals surface area contributed by atoms with Crippen LogP contribution in [-0.4, -0.2) is 50.6 Å².